The van der Waals surface area contributed by atoms with Crippen LogP contribution in [0.1, 0.15) is 22.5 Å². The van der Waals surface area contributed by atoms with Crippen molar-refractivity contribution in [1.29, 1.82) is 0 Å². The van der Waals surface area contributed by atoms with Gasteiger partial charge in [0.2, 0.25) is 5.91 Å². The van der Waals surface area contributed by atoms with E-state index >= 15 is 0 Å². The molecule has 158 valence electrons. The molecular formula is C22H24N2O6. The number of benzene rings is 1. The van der Waals surface area contributed by atoms with Crippen molar-refractivity contribution in [1.82, 2.24) is 9.80 Å². The van der Waals surface area contributed by atoms with Crippen molar-refractivity contribution < 1.29 is 23.5 Å². The van der Waals surface area contributed by atoms with Crippen molar-refractivity contribution in [3.05, 3.63) is 45.0 Å². The first-order valence-corrected chi connectivity index (χ1v) is 9.92. The number of aliphatic carboxylic acids is 1. The van der Waals surface area contributed by atoms with Gasteiger partial charge in [-0.05, 0) is 38.0 Å². The van der Waals surface area contributed by atoms with Crippen LogP contribution < -0.4 is 5.63 Å². The molecule has 1 aromatic carbocycles. The third-order valence-electron chi connectivity index (χ3n) is 5.99. The van der Waals surface area contributed by atoms with Crippen LogP contribution in [0.2, 0.25) is 0 Å². The minimum atomic E-state index is -0.878. The number of aryl methyl sites for hydroxylation is 3. The van der Waals surface area contributed by atoms with Crippen LogP contribution in [0.5, 0.6) is 0 Å². The molecule has 1 fully saturated rings. The summed E-state index contributed by atoms with van der Waals surface area (Å²) in [5, 5.41) is 10.6. The second-order valence-corrected chi connectivity index (χ2v) is 7.85. The summed E-state index contributed by atoms with van der Waals surface area (Å²) in [6, 6.07) is 3.68. The van der Waals surface area contributed by atoms with Gasteiger partial charge in [-0.25, -0.2) is 4.79 Å². The lowest BCUT2D eigenvalue weighted by atomic mass is 10.0. The number of piperazine rings is 1. The number of carbonyl (C=O) groups excluding carboxylic acids is 1. The maximum absolute atomic E-state index is 12.8. The average Bonchev–Trinajstić information content (AvgIpc) is 2.97. The molecule has 0 saturated carbocycles. The van der Waals surface area contributed by atoms with Crippen LogP contribution in [-0.2, 0) is 16.0 Å². The number of carboxylic acid groups (broad SMARTS) is 1. The number of furan rings is 1. The summed E-state index contributed by atoms with van der Waals surface area (Å²) >= 11 is 0. The van der Waals surface area contributed by atoms with E-state index in [-0.39, 0.29) is 18.9 Å². The van der Waals surface area contributed by atoms with Crippen LogP contribution in [-0.4, -0.2) is 59.5 Å². The van der Waals surface area contributed by atoms with Crippen molar-refractivity contribution in [2.24, 2.45) is 0 Å². The van der Waals surface area contributed by atoms with E-state index in [9.17, 15) is 14.4 Å². The Morgan fingerprint density at radius 3 is 2.27 bits per heavy atom. The number of hydrogen-bond acceptors (Lipinski definition) is 6. The SMILES string of the molecule is Cc1oc2cc3oc(=O)c(CC(=O)N4CCN(CC(=O)O)CC4)c(C)c3cc2c1C. The normalized spacial score (nSPS) is 15.2. The molecule has 1 saturated heterocycles. The van der Waals surface area contributed by atoms with E-state index < -0.39 is 11.6 Å². The Balaban J connectivity index is 1.60. The fraction of sp³-hybridized carbons (Fsp3) is 0.409. The Morgan fingerprint density at radius 2 is 1.60 bits per heavy atom. The van der Waals surface area contributed by atoms with Crippen LogP contribution in [0, 0.1) is 20.8 Å². The van der Waals surface area contributed by atoms with Crippen LogP contribution >= 0.6 is 0 Å². The molecule has 0 atom stereocenters. The molecule has 0 bridgehead atoms. The number of amides is 1. The molecule has 1 N–H and O–H groups in total. The van der Waals surface area contributed by atoms with Crippen molar-refractivity contribution in [3.8, 4) is 0 Å². The Hall–Kier alpha value is -3.13. The number of nitrogens with zero attached hydrogens (tertiary/aromatic N) is 2. The highest BCUT2D eigenvalue weighted by Crippen LogP contribution is 2.31. The molecule has 1 aliphatic heterocycles. The van der Waals surface area contributed by atoms with Gasteiger partial charge in [-0.15, -0.1) is 0 Å². The molecule has 3 aromatic rings. The fourth-order valence-corrected chi connectivity index (χ4v) is 4.04. The van der Waals surface area contributed by atoms with Crippen LogP contribution in [0.3, 0.4) is 0 Å². The first kappa shape index (κ1) is 20.2. The zero-order chi connectivity index (χ0) is 21.6. The van der Waals surface area contributed by atoms with Gasteiger partial charge in [0.1, 0.15) is 16.9 Å². The van der Waals surface area contributed by atoms with Crippen molar-refractivity contribution >= 4 is 33.8 Å². The lowest BCUT2D eigenvalue weighted by Crippen LogP contribution is -2.50. The summed E-state index contributed by atoms with van der Waals surface area (Å²) < 4.78 is 11.2. The molecular weight excluding hydrogens is 388 g/mol. The summed E-state index contributed by atoms with van der Waals surface area (Å²) in [4.78, 5) is 39.7. The van der Waals surface area contributed by atoms with Crippen LogP contribution in [0.15, 0.2) is 25.8 Å². The molecule has 3 heterocycles. The van der Waals surface area contributed by atoms with Gasteiger partial charge in [-0.3, -0.25) is 14.5 Å². The highest BCUT2D eigenvalue weighted by Gasteiger charge is 2.24. The maximum Gasteiger partial charge on any atom is 0.340 e. The molecule has 1 aliphatic rings. The van der Waals surface area contributed by atoms with Crippen LogP contribution in [0.4, 0.5) is 0 Å². The highest BCUT2D eigenvalue weighted by molar-refractivity contribution is 5.97. The summed E-state index contributed by atoms with van der Waals surface area (Å²) in [6.45, 7) is 7.56. The lowest BCUT2D eigenvalue weighted by Gasteiger charge is -2.33. The van der Waals surface area contributed by atoms with E-state index in [4.69, 9.17) is 13.9 Å². The third kappa shape index (κ3) is 3.59. The Morgan fingerprint density at radius 1 is 0.967 bits per heavy atom. The van der Waals surface area contributed by atoms with Gasteiger partial charge in [0, 0.05) is 43.0 Å². The average molecular weight is 412 g/mol. The first-order valence-electron chi connectivity index (χ1n) is 9.92. The minimum absolute atomic E-state index is 0.0310. The van der Waals surface area contributed by atoms with Gasteiger partial charge in [0.25, 0.3) is 0 Å². The number of carboxylic acids is 1. The smallest absolute Gasteiger partial charge is 0.340 e. The van der Waals surface area contributed by atoms with E-state index in [1.807, 2.05) is 26.8 Å². The summed E-state index contributed by atoms with van der Waals surface area (Å²) in [5.41, 5.74) is 2.73. The Labute approximate surface area is 172 Å². The van der Waals surface area contributed by atoms with Crippen molar-refractivity contribution in [2.45, 2.75) is 27.2 Å². The van der Waals surface area contributed by atoms with E-state index in [1.165, 1.54) is 0 Å². The van der Waals surface area contributed by atoms with Gasteiger partial charge in [-0.1, -0.05) is 0 Å². The fourth-order valence-electron chi connectivity index (χ4n) is 4.04. The van der Waals surface area contributed by atoms with E-state index in [2.05, 4.69) is 0 Å². The van der Waals surface area contributed by atoms with Crippen molar-refractivity contribution in [3.63, 3.8) is 0 Å². The number of hydrogen-bond donors (Lipinski definition) is 1. The third-order valence-corrected chi connectivity index (χ3v) is 5.99. The Kier molecular flexibility index (Phi) is 5.11. The van der Waals surface area contributed by atoms with Gasteiger partial charge >= 0.3 is 11.6 Å². The molecule has 30 heavy (non-hydrogen) atoms. The van der Waals surface area contributed by atoms with Crippen molar-refractivity contribution in [2.75, 3.05) is 32.7 Å². The standard InChI is InChI=1S/C22H24N2O6/c1-12-14(3)29-18-10-19-16(8-15(12)18)13(2)17(22(28)30-19)9-20(25)24-6-4-23(5-7-24)11-21(26)27/h8,10H,4-7,9,11H2,1-3H3,(H,26,27). The molecule has 0 aliphatic carbocycles. The highest BCUT2D eigenvalue weighted by atomic mass is 16.4. The monoisotopic (exact) mass is 412 g/mol. The predicted molar refractivity (Wildman–Crippen MR) is 111 cm³/mol. The lowest BCUT2D eigenvalue weighted by molar-refractivity contribution is -0.139. The van der Waals surface area contributed by atoms with Gasteiger partial charge < -0.3 is 18.8 Å². The van der Waals surface area contributed by atoms with Gasteiger partial charge in [0.05, 0.1) is 18.5 Å². The zero-order valence-electron chi connectivity index (χ0n) is 17.3. The van der Waals surface area contributed by atoms with Crippen LogP contribution in [0.25, 0.3) is 21.9 Å². The van der Waals surface area contributed by atoms with E-state index in [0.29, 0.717) is 42.9 Å². The second-order valence-electron chi connectivity index (χ2n) is 7.85. The largest absolute Gasteiger partial charge is 0.480 e. The number of carbonyl (C=O) groups is 2. The topological polar surface area (TPSA) is 104 Å². The molecule has 0 spiro atoms. The second kappa shape index (κ2) is 7.60. The van der Waals surface area contributed by atoms with E-state index in [0.717, 1.165) is 27.7 Å². The number of fused-ring (bicyclic) bond motifs is 2. The molecule has 8 nitrogen and oxygen atoms in total. The quantitative estimate of drug-likeness (QED) is 0.655. The summed E-state index contributed by atoms with van der Waals surface area (Å²) in [6.07, 6.45) is -0.0372. The molecule has 0 unspecified atom stereocenters. The summed E-state index contributed by atoms with van der Waals surface area (Å²) in [7, 11) is 0. The predicted octanol–water partition coefficient (Wildman–Crippen LogP) is 2.24. The molecule has 2 aromatic heterocycles. The molecule has 4 rings (SSSR count). The molecule has 0 radical (unpaired) electrons. The van der Waals surface area contributed by atoms with E-state index in [1.54, 1.807) is 15.9 Å². The minimum Gasteiger partial charge on any atom is -0.480 e. The zero-order valence-corrected chi connectivity index (χ0v) is 17.3. The van der Waals surface area contributed by atoms with Gasteiger partial charge in [-0.2, -0.15) is 0 Å². The molecule has 8 heteroatoms. The first-order chi connectivity index (χ1) is 14.2. The summed E-state index contributed by atoms with van der Waals surface area (Å²) in [5.74, 6) is -0.217. The maximum atomic E-state index is 12.8. The van der Waals surface area contributed by atoms with Gasteiger partial charge in [0.15, 0.2) is 0 Å². The molecule has 1 amide bonds. The Bertz CT molecular complexity index is 1210. The number of rotatable bonds is 4.